The number of anilines is 1. The lowest BCUT2D eigenvalue weighted by molar-refractivity contribution is -0.742. The maximum Gasteiger partial charge on any atom is 0.291 e. The van der Waals surface area contributed by atoms with Crippen molar-refractivity contribution in [3.63, 3.8) is 0 Å². The smallest absolute Gasteiger partial charge is 0.291 e. The van der Waals surface area contributed by atoms with E-state index in [0.717, 1.165) is 5.17 Å². The van der Waals surface area contributed by atoms with Gasteiger partial charge >= 0.3 is 0 Å². The third kappa shape index (κ3) is 6.18. The first kappa shape index (κ1) is 13.1. The second-order valence-corrected chi connectivity index (χ2v) is 2.13. The first-order chi connectivity index (χ1) is 7.11. The third-order valence-electron chi connectivity index (χ3n) is 1.25. The van der Waals surface area contributed by atoms with Gasteiger partial charge in [0, 0.05) is 0 Å². The Morgan fingerprint density at radius 3 is 2.33 bits per heavy atom. The van der Waals surface area contributed by atoms with Crippen LogP contribution < -0.4 is 10.8 Å². The fourth-order valence-electron chi connectivity index (χ4n) is 0.752. The van der Waals surface area contributed by atoms with Crippen LogP contribution in [0.3, 0.4) is 0 Å². The summed E-state index contributed by atoms with van der Waals surface area (Å²) in [7, 11) is 1.37. The van der Waals surface area contributed by atoms with Gasteiger partial charge in [0.05, 0.1) is 12.8 Å². The summed E-state index contributed by atoms with van der Waals surface area (Å²) in [6, 6.07) is 8.86. The van der Waals surface area contributed by atoms with E-state index in [1.807, 2.05) is 6.07 Å². The lowest BCUT2D eigenvalue weighted by Crippen LogP contribution is -2.30. The number of nitrogens with zero attached hydrogens (tertiary/aromatic N) is 2. The topological polar surface area (TPSA) is 87.9 Å². The van der Waals surface area contributed by atoms with Gasteiger partial charge in [-0.25, -0.2) is 0 Å². The largest absolute Gasteiger partial charge is 0.328 e. The highest BCUT2D eigenvalue weighted by Gasteiger charge is 2.00. The highest BCUT2D eigenvalue weighted by atomic mass is 19.2. The van der Waals surface area contributed by atoms with Crippen molar-refractivity contribution >= 4 is 5.69 Å². The van der Waals surface area contributed by atoms with Gasteiger partial charge in [0.2, 0.25) is 0 Å². The molecule has 0 unspecified atom stereocenters. The Morgan fingerprint density at radius 1 is 1.53 bits per heavy atom. The van der Waals surface area contributed by atoms with Crippen LogP contribution >= 0.6 is 0 Å². The predicted octanol–water partition coefficient (Wildman–Crippen LogP) is 1.10. The molecule has 84 valence electrons. The van der Waals surface area contributed by atoms with Crippen molar-refractivity contribution in [2.75, 3.05) is 12.3 Å². The quantitative estimate of drug-likeness (QED) is 0.449. The fourth-order valence-corrected chi connectivity index (χ4v) is 0.752. The third-order valence-corrected chi connectivity index (χ3v) is 1.25. The summed E-state index contributed by atoms with van der Waals surface area (Å²) < 4.78 is 11.9. The van der Waals surface area contributed by atoms with Crippen molar-refractivity contribution in [3.8, 4) is 0 Å². The van der Waals surface area contributed by atoms with Crippen LogP contribution in [0.5, 0.6) is 0 Å². The Bertz CT molecular complexity index is 277. The van der Waals surface area contributed by atoms with E-state index >= 15 is 0 Å². The molecule has 0 aliphatic heterocycles. The summed E-state index contributed by atoms with van der Waals surface area (Å²) in [6.07, 6.45) is 0. The highest BCUT2D eigenvalue weighted by molar-refractivity contribution is 5.41. The zero-order valence-electron chi connectivity index (χ0n) is 7.83. The lowest BCUT2D eigenvalue weighted by Gasteiger charge is -2.16. The average Bonchev–Trinajstić information content (AvgIpc) is 2.20. The lowest BCUT2D eigenvalue weighted by atomic mass is 10.3. The van der Waals surface area contributed by atoms with Gasteiger partial charge in [-0.15, -0.1) is 14.6 Å². The van der Waals surface area contributed by atoms with E-state index < -0.39 is 5.09 Å². The molecule has 1 rings (SSSR count). The highest BCUT2D eigenvalue weighted by Crippen LogP contribution is 2.09. The van der Waals surface area contributed by atoms with Gasteiger partial charge in [-0.05, 0) is 17.8 Å². The molecule has 8 heteroatoms. The van der Waals surface area contributed by atoms with Crippen LogP contribution in [0.25, 0.3) is 0 Å². The number of hydrogen-bond donors (Lipinski definition) is 2. The minimum absolute atomic E-state index is 0.609. The van der Waals surface area contributed by atoms with Crippen molar-refractivity contribution in [1.82, 2.24) is 5.65 Å². The monoisotopic (exact) mass is 219 g/mol. The molecular formula is C7H10FN3O4. The van der Waals surface area contributed by atoms with Gasteiger partial charge in [-0.3, -0.25) is 4.84 Å². The number of para-hydroxylation sites is 1. The number of hydrogen-bond acceptors (Lipinski definition) is 5. The van der Waals surface area contributed by atoms with Crippen molar-refractivity contribution < 1.29 is 19.6 Å². The summed E-state index contributed by atoms with van der Waals surface area (Å²) in [5.74, 6) is 0. The van der Waals surface area contributed by atoms with Gasteiger partial charge in [0.25, 0.3) is 5.09 Å². The number of hydrazine groups is 1. The van der Waals surface area contributed by atoms with Crippen molar-refractivity contribution in [2.24, 2.45) is 0 Å². The summed E-state index contributed by atoms with van der Waals surface area (Å²) in [6.45, 7) is 0. The maximum absolute atomic E-state index is 11.9. The predicted molar refractivity (Wildman–Crippen MR) is 49.0 cm³/mol. The van der Waals surface area contributed by atoms with E-state index in [-0.39, 0.29) is 0 Å². The molecule has 0 heterocycles. The molecule has 0 amide bonds. The SMILES string of the molecule is CON(NF)c1ccccc1.O=[N+]([O-])O. The van der Waals surface area contributed by atoms with Gasteiger partial charge in [-0.2, -0.15) is 5.17 Å². The molecule has 0 saturated heterocycles. The molecule has 0 bridgehead atoms. The molecule has 0 atom stereocenters. The van der Waals surface area contributed by atoms with Crippen molar-refractivity contribution in [1.29, 1.82) is 0 Å². The molecule has 1 aromatic carbocycles. The van der Waals surface area contributed by atoms with E-state index in [2.05, 4.69) is 4.84 Å². The van der Waals surface area contributed by atoms with Gasteiger partial charge < -0.3 is 5.21 Å². The molecule has 0 radical (unpaired) electrons. The molecule has 0 aromatic heterocycles. The van der Waals surface area contributed by atoms with E-state index in [1.54, 1.807) is 24.3 Å². The van der Waals surface area contributed by atoms with Crippen LogP contribution in [-0.4, -0.2) is 17.4 Å². The Labute approximate surface area is 84.7 Å². The van der Waals surface area contributed by atoms with E-state index in [0.29, 0.717) is 5.69 Å². The van der Waals surface area contributed by atoms with E-state index in [9.17, 15) is 4.48 Å². The molecule has 0 aliphatic rings. The molecule has 0 spiro atoms. The van der Waals surface area contributed by atoms with E-state index in [4.69, 9.17) is 15.3 Å². The minimum Gasteiger partial charge on any atom is -0.328 e. The Kier molecular flexibility index (Phi) is 6.51. The standard InChI is InChI=1S/C7H9FN2O.HNO3/c1-11-10(9-8)7-5-3-2-4-6-7;2-1(3)4/h2-6,9H,1H3;(H,2,3,4). The zero-order chi connectivity index (χ0) is 11.7. The molecular weight excluding hydrogens is 209 g/mol. The van der Waals surface area contributed by atoms with Crippen LogP contribution in [0.15, 0.2) is 30.3 Å². The second kappa shape index (κ2) is 7.47. The molecule has 15 heavy (non-hydrogen) atoms. The minimum atomic E-state index is -1.50. The fraction of sp³-hybridized carbons (Fsp3) is 0.143. The van der Waals surface area contributed by atoms with Crippen LogP contribution in [0.1, 0.15) is 0 Å². The summed E-state index contributed by atoms with van der Waals surface area (Å²) >= 11 is 0. The normalized spacial score (nSPS) is 8.67. The van der Waals surface area contributed by atoms with Crippen LogP contribution in [0.4, 0.5) is 10.2 Å². The zero-order valence-corrected chi connectivity index (χ0v) is 7.83. The average molecular weight is 219 g/mol. The maximum atomic E-state index is 11.9. The van der Waals surface area contributed by atoms with Crippen LogP contribution in [-0.2, 0) is 4.84 Å². The first-order valence-electron chi connectivity index (χ1n) is 3.70. The molecule has 0 saturated carbocycles. The Morgan fingerprint density at radius 2 is 2.00 bits per heavy atom. The molecule has 1 aromatic rings. The van der Waals surface area contributed by atoms with E-state index in [1.165, 1.54) is 12.8 Å². The summed E-state index contributed by atoms with van der Waals surface area (Å²) in [5, 5.41) is 14.6. The van der Waals surface area contributed by atoms with Gasteiger partial charge in [0.1, 0.15) is 0 Å². The Balaban J connectivity index is 0.000000423. The van der Waals surface area contributed by atoms with Crippen LogP contribution in [0, 0.1) is 10.1 Å². The van der Waals surface area contributed by atoms with Crippen molar-refractivity contribution in [3.05, 3.63) is 40.4 Å². The first-order valence-corrected chi connectivity index (χ1v) is 3.70. The summed E-state index contributed by atoms with van der Waals surface area (Å²) in [5.41, 5.74) is 1.99. The van der Waals surface area contributed by atoms with Crippen molar-refractivity contribution in [2.45, 2.75) is 0 Å². The second-order valence-electron chi connectivity index (χ2n) is 2.13. The van der Waals surface area contributed by atoms with Gasteiger partial charge in [-0.1, -0.05) is 18.2 Å². The molecule has 0 fully saturated rings. The Hall–Kier alpha value is -1.93. The summed E-state index contributed by atoms with van der Waals surface area (Å²) in [4.78, 5) is 13.0. The number of rotatable bonds is 3. The molecule has 2 N–H and O–H groups in total. The number of halogens is 1. The molecule has 7 nitrogen and oxygen atoms in total. The van der Waals surface area contributed by atoms with Crippen LogP contribution in [0.2, 0.25) is 0 Å². The van der Waals surface area contributed by atoms with Gasteiger partial charge in [0.15, 0.2) is 0 Å². The molecule has 0 aliphatic carbocycles. The number of nitrogens with one attached hydrogen (secondary N) is 1. The number of benzene rings is 1.